The van der Waals surface area contributed by atoms with Gasteiger partial charge in [-0.1, -0.05) is 30.3 Å². The van der Waals surface area contributed by atoms with E-state index < -0.39 is 11.8 Å². The van der Waals surface area contributed by atoms with Gasteiger partial charge in [-0.25, -0.2) is 0 Å². The van der Waals surface area contributed by atoms with Crippen LogP contribution in [0.15, 0.2) is 30.3 Å². The summed E-state index contributed by atoms with van der Waals surface area (Å²) in [5.74, 6) is -0.176. The van der Waals surface area contributed by atoms with Gasteiger partial charge in [0.2, 0.25) is 11.8 Å². The average molecular weight is 334 g/mol. The van der Waals surface area contributed by atoms with Crippen LogP contribution in [-0.4, -0.2) is 55.9 Å². The molecule has 0 aliphatic carbocycles. The Morgan fingerprint density at radius 3 is 2.58 bits per heavy atom. The number of nitrogens with zero attached hydrogens (tertiary/aromatic N) is 1. The molecule has 24 heavy (non-hydrogen) atoms. The summed E-state index contributed by atoms with van der Waals surface area (Å²) in [5, 5.41) is 2.96. The van der Waals surface area contributed by atoms with E-state index >= 15 is 0 Å². The molecule has 6 heteroatoms. The molecule has 0 spiro atoms. The Hall–Kier alpha value is -1.92. The third-order valence-corrected chi connectivity index (χ3v) is 4.61. The molecule has 1 unspecified atom stereocenters. The number of nitrogens with one attached hydrogen (secondary N) is 1. The fourth-order valence-corrected chi connectivity index (χ4v) is 2.98. The summed E-state index contributed by atoms with van der Waals surface area (Å²) in [6.45, 7) is 2.59. The maximum Gasteiger partial charge on any atom is 0.245 e. The number of hydrogen-bond acceptors (Lipinski definition) is 4. The minimum Gasteiger partial charge on any atom is -0.354 e. The Morgan fingerprint density at radius 1 is 1.29 bits per heavy atom. The summed E-state index contributed by atoms with van der Waals surface area (Å²) >= 11 is 0. The summed E-state index contributed by atoms with van der Waals surface area (Å²) in [6, 6.07) is 9.98. The molecule has 0 radical (unpaired) electrons. The van der Waals surface area contributed by atoms with E-state index in [-0.39, 0.29) is 18.4 Å². The van der Waals surface area contributed by atoms with E-state index in [1.165, 1.54) is 19.8 Å². The number of benzene rings is 1. The molecule has 1 saturated heterocycles. The SMILES string of the molecule is COC(CN1C(=O)CCC1(C)C(=O)NCCc1ccccc1)OC. The molecule has 1 N–H and O–H groups in total. The van der Waals surface area contributed by atoms with Crippen molar-refractivity contribution in [3.63, 3.8) is 0 Å². The van der Waals surface area contributed by atoms with Gasteiger partial charge < -0.3 is 19.7 Å². The third kappa shape index (κ3) is 4.13. The molecule has 0 saturated carbocycles. The summed E-state index contributed by atoms with van der Waals surface area (Å²) in [5.41, 5.74) is 0.310. The quantitative estimate of drug-likeness (QED) is 0.729. The van der Waals surface area contributed by atoms with Crippen molar-refractivity contribution in [3.8, 4) is 0 Å². The van der Waals surface area contributed by atoms with Crippen LogP contribution in [0.25, 0.3) is 0 Å². The van der Waals surface area contributed by atoms with Crippen LogP contribution in [0.1, 0.15) is 25.3 Å². The van der Waals surface area contributed by atoms with Crippen molar-refractivity contribution < 1.29 is 19.1 Å². The Bertz CT molecular complexity index is 559. The molecule has 2 amide bonds. The zero-order chi connectivity index (χ0) is 17.6. The molecule has 1 aliphatic heterocycles. The Kier molecular flexibility index (Phi) is 6.34. The zero-order valence-corrected chi connectivity index (χ0v) is 14.6. The van der Waals surface area contributed by atoms with Gasteiger partial charge in [-0.2, -0.15) is 0 Å². The summed E-state index contributed by atoms with van der Waals surface area (Å²) in [6.07, 6.45) is 1.09. The Balaban J connectivity index is 1.96. The van der Waals surface area contributed by atoms with Gasteiger partial charge in [0.15, 0.2) is 6.29 Å². The van der Waals surface area contributed by atoms with E-state index in [4.69, 9.17) is 9.47 Å². The molecule has 1 aromatic carbocycles. The molecule has 1 aliphatic rings. The van der Waals surface area contributed by atoms with Gasteiger partial charge in [0.25, 0.3) is 0 Å². The topological polar surface area (TPSA) is 67.9 Å². The molecule has 0 bridgehead atoms. The first-order valence-corrected chi connectivity index (χ1v) is 8.19. The number of amides is 2. The van der Waals surface area contributed by atoms with Crippen LogP contribution in [0, 0.1) is 0 Å². The van der Waals surface area contributed by atoms with E-state index in [0.29, 0.717) is 19.4 Å². The number of hydrogen-bond donors (Lipinski definition) is 1. The van der Waals surface area contributed by atoms with Gasteiger partial charge in [-0.3, -0.25) is 9.59 Å². The highest BCUT2D eigenvalue weighted by Gasteiger charge is 2.47. The first kappa shape index (κ1) is 18.4. The van der Waals surface area contributed by atoms with Crippen molar-refractivity contribution in [2.24, 2.45) is 0 Å². The summed E-state index contributed by atoms with van der Waals surface area (Å²) < 4.78 is 10.3. The normalized spacial score (nSPS) is 20.7. The van der Waals surface area contributed by atoms with Crippen molar-refractivity contribution in [2.75, 3.05) is 27.3 Å². The van der Waals surface area contributed by atoms with E-state index in [2.05, 4.69) is 5.32 Å². The molecule has 1 atom stereocenters. The molecule has 2 rings (SSSR count). The molecule has 0 aromatic heterocycles. The van der Waals surface area contributed by atoms with Crippen LogP contribution in [0.5, 0.6) is 0 Å². The summed E-state index contributed by atoms with van der Waals surface area (Å²) in [7, 11) is 3.04. The second-order valence-corrected chi connectivity index (χ2v) is 6.17. The summed E-state index contributed by atoms with van der Waals surface area (Å²) in [4.78, 5) is 26.4. The van der Waals surface area contributed by atoms with Gasteiger partial charge in [0, 0.05) is 27.2 Å². The average Bonchev–Trinajstić information content (AvgIpc) is 2.89. The highest BCUT2D eigenvalue weighted by atomic mass is 16.7. The molecule has 1 heterocycles. The van der Waals surface area contributed by atoms with Gasteiger partial charge in [0.1, 0.15) is 5.54 Å². The lowest BCUT2D eigenvalue weighted by molar-refractivity contribution is -0.154. The molecule has 132 valence electrons. The van der Waals surface area contributed by atoms with Gasteiger partial charge >= 0.3 is 0 Å². The van der Waals surface area contributed by atoms with Gasteiger partial charge in [0.05, 0.1) is 6.54 Å². The van der Waals surface area contributed by atoms with Crippen molar-refractivity contribution in [1.29, 1.82) is 0 Å². The maximum absolute atomic E-state index is 12.7. The number of carbonyl (C=O) groups excluding carboxylic acids is 2. The molecule has 1 aromatic rings. The van der Waals surface area contributed by atoms with Gasteiger partial charge in [-0.05, 0) is 25.3 Å². The van der Waals surface area contributed by atoms with Crippen molar-refractivity contribution in [2.45, 2.75) is 38.0 Å². The monoisotopic (exact) mass is 334 g/mol. The Labute approximate surface area is 143 Å². The van der Waals surface area contributed by atoms with Crippen LogP contribution in [0.3, 0.4) is 0 Å². The Morgan fingerprint density at radius 2 is 1.96 bits per heavy atom. The predicted molar refractivity (Wildman–Crippen MR) is 90.3 cm³/mol. The first-order chi connectivity index (χ1) is 11.5. The molecular weight excluding hydrogens is 308 g/mol. The molecule has 6 nitrogen and oxygen atoms in total. The van der Waals surface area contributed by atoms with Crippen molar-refractivity contribution in [3.05, 3.63) is 35.9 Å². The lowest BCUT2D eigenvalue weighted by atomic mass is 9.97. The van der Waals surface area contributed by atoms with E-state index in [1.54, 1.807) is 11.8 Å². The van der Waals surface area contributed by atoms with Crippen LogP contribution >= 0.6 is 0 Å². The zero-order valence-electron chi connectivity index (χ0n) is 14.6. The van der Waals surface area contributed by atoms with Crippen LogP contribution < -0.4 is 5.32 Å². The lowest BCUT2D eigenvalue weighted by Gasteiger charge is -2.35. The second kappa shape index (κ2) is 8.26. The van der Waals surface area contributed by atoms with Crippen LogP contribution in [0.4, 0.5) is 0 Å². The highest BCUT2D eigenvalue weighted by Crippen LogP contribution is 2.30. The third-order valence-electron chi connectivity index (χ3n) is 4.61. The number of ether oxygens (including phenoxy) is 2. The second-order valence-electron chi connectivity index (χ2n) is 6.17. The standard InChI is InChI=1S/C18H26N2O4/c1-18(11-9-15(21)20(18)13-16(23-2)24-3)17(22)19-12-10-14-7-5-4-6-8-14/h4-8,16H,9-13H2,1-3H3,(H,19,22). The van der Waals surface area contributed by atoms with Crippen molar-refractivity contribution >= 4 is 11.8 Å². The lowest BCUT2D eigenvalue weighted by Crippen LogP contribution is -2.56. The van der Waals surface area contributed by atoms with Crippen molar-refractivity contribution in [1.82, 2.24) is 10.2 Å². The fraction of sp³-hybridized carbons (Fsp3) is 0.556. The van der Waals surface area contributed by atoms with Crippen LogP contribution in [0.2, 0.25) is 0 Å². The smallest absolute Gasteiger partial charge is 0.245 e. The number of rotatable bonds is 8. The van der Waals surface area contributed by atoms with E-state index in [1.807, 2.05) is 30.3 Å². The molecule has 1 fully saturated rings. The minimum atomic E-state index is -0.858. The number of methoxy groups -OCH3 is 2. The largest absolute Gasteiger partial charge is 0.354 e. The van der Waals surface area contributed by atoms with E-state index in [9.17, 15) is 9.59 Å². The van der Waals surface area contributed by atoms with E-state index in [0.717, 1.165) is 6.42 Å². The molecular formula is C18H26N2O4. The van der Waals surface area contributed by atoms with Crippen LogP contribution in [-0.2, 0) is 25.5 Å². The highest BCUT2D eigenvalue weighted by molar-refractivity contribution is 5.94. The first-order valence-electron chi connectivity index (χ1n) is 8.19. The predicted octanol–water partition coefficient (Wildman–Crippen LogP) is 1.35. The number of carbonyl (C=O) groups is 2. The fourth-order valence-electron chi connectivity index (χ4n) is 2.98. The minimum absolute atomic E-state index is 0.0465. The van der Waals surface area contributed by atoms with Gasteiger partial charge in [-0.15, -0.1) is 0 Å². The number of likely N-dealkylation sites (tertiary alicyclic amines) is 1. The maximum atomic E-state index is 12.7.